The molecule has 1 aromatic carbocycles. The normalized spacial score (nSPS) is 19.8. The molecule has 1 amide bonds. The summed E-state index contributed by atoms with van der Waals surface area (Å²) < 4.78 is 0. The minimum atomic E-state index is 0.175. The average Bonchev–Trinajstić information content (AvgIpc) is 2.66. The van der Waals surface area contributed by atoms with E-state index in [0.717, 1.165) is 37.9 Å². The summed E-state index contributed by atoms with van der Waals surface area (Å²) in [6, 6.07) is 7.90. The van der Waals surface area contributed by atoms with Crippen molar-refractivity contribution < 1.29 is 4.79 Å². The van der Waals surface area contributed by atoms with Crippen LogP contribution in [0.2, 0.25) is 5.02 Å². The number of rotatable bonds is 3. The Morgan fingerprint density at radius 2 is 2.26 bits per heavy atom. The molecule has 1 N–H and O–H groups in total. The molecular formula is C15H21ClN2O. The molecule has 4 heteroatoms. The summed E-state index contributed by atoms with van der Waals surface area (Å²) in [7, 11) is 1.92. The van der Waals surface area contributed by atoms with Crippen molar-refractivity contribution in [3.63, 3.8) is 0 Å². The van der Waals surface area contributed by atoms with Gasteiger partial charge in [0.2, 0.25) is 5.91 Å². The van der Waals surface area contributed by atoms with Gasteiger partial charge in [-0.2, -0.15) is 0 Å². The number of carbonyl (C=O) groups is 1. The molecule has 0 radical (unpaired) electrons. The summed E-state index contributed by atoms with van der Waals surface area (Å²) in [5, 5.41) is 4.06. The van der Waals surface area contributed by atoms with Crippen LogP contribution in [-0.4, -0.2) is 37.0 Å². The van der Waals surface area contributed by atoms with E-state index in [1.165, 1.54) is 0 Å². The van der Waals surface area contributed by atoms with E-state index < -0.39 is 0 Å². The molecule has 3 nitrogen and oxygen atoms in total. The zero-order chi connectivity index (χ0) is 13.7. The van der Waals surface area contributed by atoms with Crippen LogP contribution in [0.5, 0.6) is 0 Å². The lowest BCUT2D eigenvalue weighted by molar-refractivity contribution is -0.131. The van der Waals surface area contributed by atoms with Crippen LogP contribution in [0.3, 0.4) is 0 Å². The molecule has 0 aromatic heterocycles. The highest BCUT2D eigenvalue weighted by atomic mass is 35.5. The fraction of sp³-hybridized carbons (Fsp3) is 0.533. The van der Waals surface area contributed by atoms with Gasteiger partial charge >= 0.3 is 0 Å². The maximum Gasteiger partial charge on any atom is 0.226 e. The summed E-state index contributed by atoms with van der Waals surface area (Å²) >= 11 is 5.94. The summed E-state index contributed by atoms with van der Waals surface area (Å²) in [5.41, 5.74) is 0.982. The van der Waals surface area contributed by atoms with Crippen LogP contribution in [0.15, 0.2) is 24.3 Å². The summed E-state index contributed by atoms with van der Waals surface area (Å²) in [6.07, 6.45) is 3.70. The minimum Gasteiger partial charge on any atom is -0.342 e. The fourth-order valence-corrected chi connectivity index (χ4v) is 2.75. The van der Waals surface area contributed by atoms with Gasteiger partial charge in [0.05, 0.1) is 6.42 Å². The van der Waals surface area contributed by atoms with Crippen LogP contribution in [0.4, 0.5) is 0 Å². The topological polar surface area (TPSA) is 32.3 Å². The maximum atomic E-state index is 12.3. The predicted molar refractivity (Wildman–Crippen MR) is 78.4 cm³/mol. The number of carbonyl (C=O) groups excluding carboxylic acids is 1. The molecule has 1 unspecified atom stereocenters. The van der Waals surface area contributed by atoms with Gasteiger partial charge in [0, 0.05) is 18.1 Å². The predicted octanol–water partition coefficient (Wildman–Crippen LogP) is 2.48. The van der Waals surface area contributed by atoms with Crippen LogP contribution in [-0.2, 0) is 11.2 Å². The molecule has 104 valence electrons. The van der Waals surface area contributed by atoms with Gasteiger partial charge in [-0.15, -0.1) is 0 Å². The highest BCUT2D eigenvalue weighted by Crippen LogP contribution is 2.15. The van der Waals surface area contributed by atoms with Gasteiger partial charge in [-0.3, -0.25) is 4.79 Å². The molecular weight excluding hydrogens is 260 g/mol. The number of nitrogens with zero attached hydrogens (tertiary/aromatic N) is 1. The first-order valence-electron chi connectivity index (χ1n) is 6.87. The first-order valence-corrected chi connectivity index (χ1v) is 7.25. The van der Waals surface area contributed by atoms with Crippen LogP contribution < -0.4 is 5.32 Å². The zero-order valence-corrected chi connectivity index (χ0v) is 12.1. The second-order valence-electron chi connectivity index (χ2n) is 5.15. The average molecular weight is 281 g/mol. The van der Waals surface area contributed by atoms with Gasteiger partial charge < -0.3 is 10.2 Å². The van der Waals surface area contributed by atoms with E-state index in [0.29, 0.717) is 17.5 Å². The Bertz CT molecular complexity index is 428. The lowest BCUT2D eigenvalue weighted by atomic mass is 10.1. The monoisotopic (exact) mass is 280 g/mol. The van der Waals surface area contributed by atoms with Crippen LogP contribution >= 0.6 is 11.6 Å². The first-order chi connectivity index (χ1) is 9.16. The molecule has 1 aliphatic rings. The Morgan fingerprint density at radius 1 is 1.42 bits per heavy atom. The van der Waals surface area contributed by atoms with Gasteiger partial charge in [-0.25, -0.2) is 0 Å². The van der Waals surface area contributed by atoms with Crippen molar-refractivity contribution in [1.82, 2.24) is 10.2 Å². The van der Waals surface area contributed by atoms with Crippen LogP contribution in [0.25, 0.3) is 0 Å². The van der Waals surface area contributed by atoms with Gasteiger partial charge in [-0.1, -0.05) is 23.7 Å². The highest BCUT2D eigenvalue weighted by molar-refractivity contribution is 6.30. The van der Waals surface area contributed by atoms with E-state index in [1.54, 1.807) is 0 Å². The van der Waals surface area contributed by atoms with E-state index in [-0.39, 0.29) is 5.91 Å². The lowest BCUT2D eigenvalue weighted by Crippen LogP contribution is -2.38. The van der Waals surface area contributed by atoms with E-state index >= 15 is 0 Å². The fourth-order valence-electron chi connectivity index (χ4n) is 2.54. The standard InChI is InChI=1S/C15H21ClN2O/c1-18(14-6-3-8-17-9-7-14)15(19)11-12-4-2-5-13(16)10-12/h2,4-5,10,14,17H,3,6-9,11H2,1H3. The Morgan fingerprint density at radius 3 is 3.05 bits per heavy atom. The molecule has 1 saturated heterocycles. The van der Waals surface area contributed by atoms with E-state index in [2.05, 4.69) is 5.32 Å². The van der Waals surface area contributed by atoms with Crippen molar-refractivity contribution in [2.24, 2.45) is 0 Å². The van der Waals surface area contributed by atoms with Gasteiger partial charge in [0.15, 0.2) is 0 Å². The maximum absolute atomic E-state index is 12.3. The van der Waals surface area contributed by atoms with E-state index in [1.807, 2.05) is 36.2 Å². The van der Waals surface area contributed by atoms with Crippen LogP contribution in [0.1, 0.15) is 24.8 Å². The molecule has 1 heterocycles. The molecule has 1 fully saturated rings. The third kappa shape index (κ3) is 4.22. The largest absolute Gasteiger partial charge is 0.342 e. The molecule has 2 rings (SSSR count). The summed E-state index contributed by atoms with van der Waals surface area (Å²) in [5.74, 6) is 0.175. The molecule has 19 heavy (non-hydrogen) atoms. The number of benzene rings is 1. The molecule has 0 saturated carbocycles. The van der Waals surface area contributed by atoms with E-state index in [9.17, 15) is 4.79 Å². The Hall–Kier alpha value is -1.06. The highest BCUT2D eigenvalue weighted by Gasteiger charge is 2.20. The third-order valence-corrected chi connectivity index (χ3v) is 3.97. The Balaban J connectivity index is 1.94. The lowest BCUT2D eigenvalue weighted by Gasteiger charge is -2.27. The number of likely N-dealkylation sites (N-methyl/N-ethyl adjacent to an activating group) is 1. The van der Waals surface area contributed by atoms with E-state index in [4.69, 9.17) is 11.6 Å². The SMILES string of the molecule is CN(C(=O)Cc1cccc(Cl)c1)C1CCCNCC1. The number of hydrogen-bond donors (Lipinski definition) is 1. The van der Waals surface area contributed by atoms with Gasteiger partial charge in [0.25, 0.3) is 0 Å². The number of nitrogens with one attached hydrogen (secondary N) is 1. The molecule has 0 spiro atoms. The second-order valence-corrected chi connectivity index (χ2v) is 5.58. The Labute approximate surface area is 119 Å². The molecule has 0 aliphatic carbocycles. The first kappa shape index (κ1) is 14.4. The second kappa shape index (κ2) is 6.92. The number of halogens is 1. The Kier molecular flexibility index (Phi) is 5.23. The van der Waals surface area contributed by atoms with Gasteiger partial charge in [0.1, 0.15) is 0 Å². The summed E-state index contributed by atoms with van der Waals surface area (Å²) in [6.45, 7) is 2.06. The zero-order valence-electron chi connectivity index (χ0n) is 11.4. The summed E-state index contributed by atoms with van der Waals surface area (Å²) in [4.78, 5) is 14.2. The van der Waals surface area contributed by atoms with Crippen molar-refractivity contribution in [2.75, 3.05) is 20.1 Å². The molecule has 1 atom stereocenters. The smallest absolute Gasteiger partial charge is 0.226 e. The quantitative estimate of drug-likeness (QED) is 0.923. The van der Waals surface area contributed by atoms with Crippen molar-refractivity contribution in [3.8, 4) is 0 Å². The van der Waals surface area contributed by atoms with Crippen molar-refractivity contribution >= 4 is 17.5 Å². The molecule has 1 aromatic rings. The minimum absolute atomic E-state index is 0.175. The molecule has 0 bridgehead atoms. The van der Waals surface area contributed by atoms with Crippen molar-refractivity contribution in [2.45, 2.75) is 31.7 Å². The van der Waals surface area contributed by atoms with Crippen molar-refractivity contribution in [3.05, 3.63) is 34.9 Å². The van der Waals surface area contributed by atoms with Gasteiger partial charge in [-0.05, 0) is 50.0 Å². The number of hydrogen-bond acceptors (Lipinski definition) is 2. The third-order valence-electron chi connectivity index (χ3n) is 3.73. The number of amides is 1. The molecule has 1 aliphatic heterocycles. The van der Waals surface area contributed by atoms with Crippen molar-refractivity contribution in [1.29, 1.82) is 0 Å². The van der Waals surface area contributed by atoms with Crippen LogP contribution in [0, 0.1) is 0 Å².